The molecule has 5 nitrogen and oxygen atoms in total. The lowest BCUT2D eigenvalue weighted by atomic mass is 10.0. The van der Waals surface area contributed by atoms with Crippen molar-refractivity contribution in [3.8, 4) is 0 Å². The minimum atomic E-state index is -0.743. The topological polar surface area (TPSA) is 78.5 Å². The van der Waals surface area contributed by atoms with Crippen molar-refractivity contribution in [2.24, 2.45) is 0 Å². The molecule has 0 aliphatic carbocycles. The predicted octanol–water partition coefficient (Wildman–Crippen LogP) is 2.01. The van der Waals surface area contributed by atoms with Crippen LogP contribution in [0.5, 0.6) is 0 Å². The van der Waals surface area contributed by atoms with Gasteiger partial charge < -0.3 is 19.9 Å². The molecule has 23 heavy (non-hydrogen) atoms. The van der Waals surface area contributed by atoms with E-state index in [0.29, 0.717) is 6.54 Å². The van der Waals surface area contributed by atoms with Crippen LogP contribution in [0.1, 0.15) is 23.7 Å². The third kappa shape index (κ3) is 3.59. The number of para-hydroxylation sites is 2. The van der Waals surface area contributed by atoms with E-state index in [9.17, 15) is 10.2 Å². The van der Waals surface area contributed by atoms with Crippen LogP contribution in [0.2, 0.25) is 0 Å². The molecule has 3 rings (SSSR count). The summed E-state index contributed by atoms with van der Waals surface area (Å²) in [6.45, 7) is 0.360. The molecule has 0 fully saturated rings. The van der Waals surface area contributed by atoms with Gasteiger partial charge in [-0.2, -0.15) is 0 Å². The van der Waals surface area contributed by atoms with Gasteiger partial charge in [0.2, 0.25) is 0 Å². The van der Waals surface area contributed by atoms with E-state index >= 15 is 0 Å². The van der Waals surface area contributed by atoms with Crippen LogP contribution in [0.3, 0.4) is 0 Å². The quantitative estimate of drug-likeness (QED) is 0.650. The van der Waals surface area contributed by atoms with E-state index in [1.807, 2.05) is 28.8 Å². The first kappa shape index (κ1) is 15.7. The van der Waals surface area contributed by atoms with Gasteiger partial charge in [-0.15, -0.1) is 0 Å². The maximum Gasteiger partial charge on any atom is 0.0959 e. The molecule has 0 unspecified atom stereocenters. The number of fused-ring (bicyclic) bond motifs is 1. The van der Waals surface area contributed by atoms with Crippen molar-refractivity contribution in [2.75, 3.05) is 0 Å². The smallest absolute Gasteiger partial charge is 0.0959 e. The summed E-state index contributed by atoms with van der Waals surface area (Å²) < 4.78 is 1.89. The minimum absolute atomic E-state index is 0.0211. The Labute approximate surface area is 134 Å². The number of hydrogen-bond acceptors (Lipinski definition) is 4. The number of aliphatic hydroxyl groups is 3. The summed E-state index contributed by atoms with van der Waals surface area (Å²) in [4.78, 5) is 4.29. The zero-order valence-corrected chi connectivity index (χ0v) is 12.7. The molecule has 3 N–H and O–H groups in total. The first-order chi connectivity index (χ1) is 11.2. The summed E-state index contributed by atoms with van der Waals surface area (Å²) in [6.07, 6.45) is 0.522. The van der Waals surface area contributed by atoms with Crippen molar-refractivity contribution in [1.29, 1.82) is 0 Å². The van der Waals surface area contributed by atoms with Gasteiger partial charge in [-0.1, -0.05) is 36.4 Å². The lowest BCUT2D eigenvalue weighted by Gasteiger charge is -2.17. The molecule has 0 aliphatic heterocycles. The summed E-state index contributed by atoms with van der Waals surface area (Å²) in [5, 5.41) is 29.5. The molecule has 0 radical (unpaired) electrons. The molecule has 2 aromatic carbocycles. The van der Waals surface area contributed by atoms with Gasteiger partial charge in [0, 0.05) is 6.42 Å². The fourth-order valence-electron chi connectivity index (χ4n) is 2.70. The van der Waals surface area contributed by atoms with Crippen molar-refractivity contribution in [3.63, 3.8) is 0 Å². The Hall–Kier alpha value is -2.21. The van der Waals surface area contributed by atoms with Gasteiger partial charge in [0.25, 0.3) is 0 Å². The molecule has 1 heterocycles. The maximum atomic E-state index is 10.3. The van der Waals surface area contributed by atoms with Crippen LogP contribution >= 0.6 is 0 Å². The van der Waals surface area contributed by atoms with E-state index in [0.717, 1.165) is 22.2 Å². The molecular weight excluding hydrogens is 292 g/mol. The lowest BCUT2D eigenvalue weighted by molar-refractivity contribution is 0.0709. The number of rotatable bonds is 6. The van der Waals surface area contributed by atoms with Crippen molar-refractivity contribution < 1.29 is 15.3 Å². The highest BCUT2D eigenvalue weighted by atomic mass is 16.3. The van der Waals surface area contributed by atoms with Gasteiger partial charge in [-0.3, -0.25) is 0 Å². The summed E-state index contributed by atoms with van der Waals surface area (Å²) in [5.41, 5.74) is 3.39. The first-order valence-electron chi connectivity index (χ1n) is 7.63. The van der Waals surface area contributed by atoms with Gasteiger partial charge in [0.15, 0.2) is 0 Å². The van der Waals surface area contributed by atoms with Crippen LogP contribution in [0.25, 0.3) is 11.0 Å². The Morgan fingerprint density at radius 3 is 2.48 bits per heavy atom. The normalized spacial score (nSPS) is 14.0. The molecule has 3 aromatic rings. The molecule has 1 aromatic heterocycles. The lowest BCUT2D eigenvalue weighted by Crippen LogP contribution is -2.18. The zero-order chi connectivity index (χ0) is 16.2. The van der Waals surface area contributed by atoms with Crippen LogP contribution in [-0.4, -0.2) is 31.0 Å². The molecular formula is C18H20N2O3. The van der Waals surface area contributed by atoms with Crippen LogP contribution in [-0.2, 0) is 13.2 Å². The minimum Gasteiger partial charge on any atom is -0.392 e. The van der Waals surface area contributed by atoms with Crippen LogP contribution in [0.4, 0.5) is 0 Å². The van der Waals surface area contributed by atoms with E-state index in [-0.39, 0.29) is 13.0 Å². The van der Waals surface area contributed by atoms with Crippen molar-refractivity contribution in [1.82, 2.24) is 9.55 Å². The molecule has 0 amide bonds. The largest absolute Gasteiger partial charge is 0.392 e. The van der Waals surface area contributed by atoms with Crippen LogP contribution < -0.4 is 0 Å². The molecule has 120 valence electrons. The Morgan fingerprint density at radius 1 is 1.00 bits per heavy atom. The molecule has 0 saturated heterocycles. The molecule has 0 saturated carbocycles. The average Bonchev–Trinajstić information content (AvgIpc) is 2.98. The average molecular weight is 312 g/mol. The first-order valence-corrected chi connectivity index (χ1v) is 7.63. The van der Waals surface area contributed by atoms with Gasteiger partial charge in [-0.05, 0) is 23.3 Å². The van der Waals surface area contributed by atoms with E-state index in [4.69, 9.17) is 5.11 Å². The zero-order valence-electron chi connectivity index (χ0n) is 12.7. The Kier molecular flexibility index (Phi) is 4.71. The second-order valence-electron chi connectivity index (χ2n) is 5.69. The number of aliphatic hydroxyl groups excluding tert-OH is 3. The van der Waals surface area contributed by atoms with E-state index in [1.54, 1.807) is 30.6 Å². The highest BCUT2D eigenvalue weighted by Crippen LogP contribution is 2.21. The fourth-order valence-corrected chi connectivity index (χ4v) is 2.70. The second kappa shape index (κ2) is 6.91. The summed E-state index contributed by atoms with van der Waals surface area (Å²) in [7, 11) is 0. The highest BCUT2D eigenvalue weighted by molar-refractivity contribution is 5.74. The summed E-state index contributed by atoms with van der Waals surface area (Å²) >= 11 is 0. The molecule has 5 heteroatoms. The number of aromatic nitrogens is 2. The van der Waals surface area contributed by atoms with Gasteiger partial charge >= 0.3 is 0 Å². The molecule has 0 spiro atoms. The molecule has 2 atom stereocenters. The monoisotopic (exact) mass is 312 g/mol. The third-order valence-corrected chi connectivity index (χ3v) is 3.98. The van der Waals surface area contributed by atoms with E-state index < -0.39 is 12.2 Å². The summed E-state index contributed by atoms with van der Waals surface area (Å²) in [6, 6.07) is 14.8. The van der Waals surface area contributed by atoms with Gasteiger partial charge in [0.05, 0.1) is 42.7 Å². The number of nitrogens with zero attached hydrogens (tertiary/aromatic N) is 2. The summed E-state index contributed by atoms with van der Waals surface area (Å²) in [5.74, 6) is 0. The Morgan fingerprint density at radius 2 is 1.74 bits per heavy atom. The van der Waals surface area contributed by atoms with Crippen molar-refractivity contribution in [3.05, 3.63) is 66.0 Å². The number of hydrogen-bond donors (Lipinski definition) is 3. The number of benzene rings is 2. The Bertz CT molecular complexity index is 767. The predicted molar refractivity (Wildman–Crippen MR) is 87.7 cm³/mol. The molecule has 0 bridgehead atoms. The maximum absolute atomic E-state index is 10.3. The second-order valence-corrected chi connectivity index (χ2v) is 5.69. The van der Waals surface area contributed by atoms with Crippen molar-refractivity contribution >= 4 is 11.0 Å². The van der Waals surface area contributed by atoms with Gasteiger partial charge in [0.1, 0.15) is 0 Å². The van der Waals surface area contributed by atoms with E-state index in [1.165, 1.54) is 0 Å². The van der Waals surface area contributed by atoms with Gasteiger partial charge in [-0.25, -0.2) is 4.98 Å². The molecule has 0 aliphatic rings. The number of imidazole rings is 1. The highest BCUT2D eigenvalue weighted by Gasteiger charge is 2.15. The van der Waals surface area contributed by atoms with E-state index in [2.05, 4.69) is 4.98 Å². The third-order valence-electron chi connectivity index (χ3n) is 3.98. The van der Waals surface area contributed by atoms with Crippen LogP contribution in [0, 0.1) is 0 Å². The SMILES string of the molecule is OCc1ccc([C@H](O)C[C@H](O)Cn2cnc3ccccc32)cc1. The van der Waals surface area contributed by atoms with Crippen LogP contribution in [0.15, 0.2) is 54.9 Å². The standard InChI is InChI=1S/C18H20N2O3/c21-11-13-5-7-14(8-6-13)18(23)9-15(22)10-20-12-19-16-3-1-2-4-17(16)20/h1-8,12,15,18,21-23H,9-11H2/t15-,18+/m0/s1. The van der Waals surface area contributed by atoms with Crippen molar-refractivity contribution in [2.45, 2.75) is 31.8 Å². The Balaban J connectivity index is 1.65. The fraction of sp³-hybridized carbons (Fsp3) is 0.278.